The van der Waals surface area contributed by atoms with Crippen molar-refractivity contribution < 1.29 is 4.79 Å². The van der Waals surface area contributed by atoms with Crippen LogP contribution in [0.5, 0.6) is 0 Å². The van der Waals surface area contributed by atoms with Crippen molar-refractivity contribution in [3.63, 3.8) is 0 Å². The highest BCUT2D eigenvalue weighted by atomic mass is 32.1. The van der Waals surface area contributed by atoms with E-state index in [1.807, 2.05) is 25.1 Å². The number of carbonyl (C=O) groups excluding carboxylic acids is 1. The average Bonchev–Trinajstić information content (AvgIpc) is 3.35. The molecule has 1 aliphatic rings. The van der Waals surface area contributed by atoms with Crippen LogP contribution in [-0.2, 0) is 0 Å². The molecule has 0 aliphatic carbocycles. The second-order valence-electron chi connectivity index (χ2n) is 7.09. The first-order valence-electron chi connectivity index (χ1n) is 9.44. The van der Waals surface area contributed by atoms with Gasteiger partial charge in [0.1, 0.15) is 0 Å². The van der Waals surface area contributed by atoms with E-state index in [9.17, 15) is 4.79 Å². The SMILES string of the molecule is Cc1cnc(-c2cc(-c3ccc(C)s3)nc3cc(N4CCNC4=O)ccc23)cn1. The smallest absolute Gasteiger partial charge is 0.321 e. The van der Waals surface area contributed by atoms with Gasteiger partial charge in [-0.2, -0.15) is 0 Å². The normalized spacial score (nSPS) is 13.9. The topological polar surface area (TPSA) is 71.0 Å². The first-order chi connectivity index (χ1) is 14.1. The maximum Gasteiger partial charge on any atom is 0.321 e. The fraction of sp³-hybridized carbons (Fsp3) is 0.182. The molecule has 0 atom stereocenters. The van der Waals surface area contributed by atoms with E-state index < -0.39 is 0 Å². The molecule has 4 heterocycles. The van der Waals surface area contributed by atoms with Gasteiger partial charge in [0.15, 0.2) is 0 Å². The molecule has 4 aromatic rings. The second-order valence-corrected chi connectivity index (χ2v) is 8.38. The monoisotopic (exact) mass is 401 g/mol. The molecule has 0 bridgehead atoms. The van der Waals surface area contributed by atoms with Gasteiger partial charge in [-0.05, 0) is 44.2 Å². The number of nitrogens with zero attached hydrogens (tertiary/aromatic N) is 4. The van der Waals surface area contributed by atoms with Crippen LogP contribution in [-0.4, -0.2) is 34.1 Å². The number of rotatable bonds is 3. The Labute approximate surface area is 172 Å². The van der Waals surface area contributed by atoms with Crippen LogP contribution in [0.2, 0.25) is 0 Å². The molecule has 144 valence electrons. The van der Waals surface area contributed by atoms with Crippen molar-refractivity contribution in [1.29, 1.82) is 0 Å². The van der Waals surface area contributed by atoms with E-state index in [0.717, 1.165) is 44.1 Å². The summed E-state index contributed by atoms with van der Waals surface area (Å²) < 4.78 is 0. The van der Waals surface area contributed by atoms with Gasteiger partial charge in [-0.1, -0.05) is 6.07 Å². The lowest BCUT2D eigenvalue weighted by Crippen LogP contribution is -2.27. The standard InChI is InChI=1S/C22H19N5OS/c1-13-11-25-20(12-24-13)17-10-19(21-6-3-14(2)29-21)26-18-9-15(4-5-16(17)18)27-8-7-23-22(27)28/h3-6,9-12H,7-8H2,1-2H3,(H,23,28). The summed E-state index contributed by atoms with van der Waals surface area (Å²) >= 11 is 1.71. The summed E-state index contributed by atoms with van der Waals surface area (Å²) in [4.78, 5) is 30.1. The number of pyridine rings is 1. The molecule has 0 radical (unpaired) electrons. The molecule has 29 heavy (non-hydrogen) atoms. The van der Waals surface area contributed by atoms with E-state index in [0.29, 0.717) is 13.1 Å². The minimum atomic E-state index is -0.0704. The summed E-state index contributed by atoms with van der Waals surface area (Å²) in [5, 5.41) is 3.84. The van der Waals surface area contributed by atoms with Crippen LogP contribution >= 0.6 is 11.3 Å². The van der Waals surface area contributed by atoms with Crippen LogP contribution in [0.15, 0.2) is 48.8 Å². The molecular weight excluding hydrogens is 382 g/mol. The Hall–Kier alpha value is -3.32. The van der Waals surface area contributed by atoms with Crippen molar-refractivity contribution in [2.45, 2.75) is 13.8 Å². The Morgan fingerprint density at radius 2 is 1.93 bits per heavy atom. The minimum Gasteiger partial charge on any atom is -0.336 e. The van der Waals surface area contributed by atoms with Gasteiger partial charge in [-0.3, -0.25) is 14.9 Å². The third-order valence-electron chi connectivity index (χ3n) is 5.01. The van der Waals surface area contributed by atoms with Crippen molar-refractivity contribution in [2.75, 3.05) is 18.0 Å². The van der Waals surface area contributed by atoms with Crippen molar-refractivity contribution in [2.24, 2.45) is 0 Å². The minimum absolute atomic E-state index is 0.0704. The fourth-order valence-electron chi connectivity index (χ4n) is 3.54. The lowest BCUT2D eigenvalue weighted by molar-refractivity contribution is 0.252. The van der Waals surface area contributed by atoms with E-state index >= 15 is 0 Å². The molecule has 6 nitrogen and oxygen atoms in total. The summed E-state index contributed by atoms with van der Waals surface area (Å²) in [5.74, 6) is 0. The predicted molar refractivity (Wildman–Crippen MR) is 116 cm³/mol. The zero-order valence-electron chi connectivity index (χ0n) is 16.1. The highest BCUT2D eigenvalue weighted by Crippen LogP contribution is 2.35. The van der Waals surface area contributed by atoms with Crippen molar-refractivity contribution in [3.8, 4) is 21.8 Å². The van der Waals surface area contributed by atoms with E-state index in [1.165, 1.54) is 4.88 Å². The van der Waals surface area contributed by atoms with Gasteiger partial charge < -0.3 is 5.32 Å². The van der Waals surface area contributed by atoms with Gasteiger partial charge in [-0.15, -0.1) is 11.3 Å². The number of aromatic nitrogens is 3. The molecule has 1 saturated heterocycles. The van der Waals surface area contributed by atoms with Gasteiger partial charge in [0.25, 0.3) is 0 Å². The molecular formula is C22H19N5OS. The fourth-order valence-corrected chi connectivity index (χ4v) is 4.37. The first kappa shape index (κ1) is 17.8. The molecule has 1 fully saturated rings. The van der Waals surface area contributed by atoms with E-state index in [4.69, 9.17) is 4.98 Å². The van der Waals surface area contributed by atoms with Gasteiger partial charge in [0.2, 0.25) is 0 Å². The molecule has 0 spiro atoms. The van der Waals surface area contributed by atoms with Crippen LogP contribution in [0.25, 0.3) is 32.7 Å². The van der Waals surface area contributed by atoms with Crippen molar-refractivity contribution in [3.05, 3.63) is 59.4 Å². The summed E-state index contributed by atoms with van der Waals surface area (Å²) in [6.07, 6.45) is 3.58. The third-order valence-corrected chi connectivity index (χ3v) is 6.03. The summed E-state index contributed by atoms with van der Waals surface area (Å²) in [6.45, 7) is 5.33. The number of aryl methyl sites for hydroxylation is 2. The molecule has 1 aromatic carbocycles. The van der Waals surface area contributed by atoms with Crippen LogP contribution in [0.4, 0.5) is 10.5 Å². The van der Waals surface area contributed by atoms with Crippen LogP contribution in [0, 0.1) is 13.8 Å². The predicted octanol–water partition coefficient (Wildman–Crippen LogP) is 4.57. The Morgan fingerprint density at radius 3 is 2.62 bits per heavy atom. The van der Waals surface area contributed by atoms with E-state index in [-0.39, 0.29) is 6.03 Å². The molecule has 7 heteroatoms. The number of hydrogen-bond acceptors (Lipinski definition) is 5. The number of fused-ring (bicyclic) bond motifs is 1. The van der Waals surface area contributed by atoms with Crippen LogP contribution in [0.3, 0.4) is 0 Å². The zero-order valence-corrected chi connectivity index (χ0v) is 17.0. The number of amides is 2. The number of benzene rings is 1. The Balaban J connectivity index is 1.72. The lowest BCUT2D eigenvalue weighted by Gasteiger charge is -2.16. The van der Waals surface area contributed by atoms with Gasteiger partial charge in [-0.25, -0.2) is 9.78 Å². The molecule has 0 unspecified atom stereocenters. The van der Waals surface area contributed by atoms with Gasteiger partial charge in [0.05, 0.1) is 33.7 Å². The number of thiophene rings is 1. The number of nitrogens with one attached hydrogen (secondary N) is 1. The summed E-state index contributed by atoms with van der Waals surface area (Å²) in [7, 11) is 0. The molecule has 5 rings (SSSR count). The van der Waals surface area contributed by atoms with Crippen molar-refractivity contribution >= 4 is 34.0 Å². The van der Waals surface area contributed by atoms with Crippen molar-refractivity contribution in [1.82, 2.24) is 20.3 Å². The van der Waals surface area contributed by atoms with E-state index in [2.05, 4.69) is 40.4 Å². The quantitative estimate of drug-likeness (QED) is 0.546. The molecule has 1 aliphatic heterocycles. The zero-order chi connectivity index (χ0) is 20.0. The maximum absolute atomic E-state index is 12.1. The Morgan fingerprint density at radius 1 is 1.03 bits per heavy atom. The number of urea groups is 1. The van der Waals surface area contributed by atoms with E-state index in [1.54, 1.807) is 28.6 Å². The van der Waals surface area contributed by atoms with Gasteiger partial charge in [0, 0.05) is 40.8 Å². The second kappa shape index (κ2) is 6.93. The Kier molecular flexibility index (Phi) is 4.24. The summed E-state index contributed by atoms with van der Waals surface area (Å²) in [6, 6.07) is 12.2. The molecule has 0 saturated carbocycles. The number of anilines is 1. The first-order valence-corrected chi connectivity index (χ1v) is 10.3. The van der Waals surface area contributed by atoms with Gasteiger partial charge >= 0.3 is 6.03 Å². The lowest BCUT2D eigenvalue weighted by atomic mass is 10.0. The molecule has 3 aromatic heterocycles. The van der Waals surface area contributed by atoms with Crippen LogP contribution < -0.4 is 10.2 Å². The third kappa shape index (κ3) is 3.23. The molecule has 2 amide bonds. The number of hydrogen-bond donors (Lipinski definition) is 1. The average molecular weight is 401 g/mol. The largest absolute Gasteiger partial charge is 0.336 e. The van der Waals surface area contributed by atoms with Crippen LogP contribution in [0.1, 0.15) is 10.6 Å². The highest BCUT2D eigenvalue weighted by Gasteiger charge is 2.22. The Bertz CT molecular complexity index is 1230. The molecule has 1 N–H and O–H groups in total. The number of carbonyl (C=O) groups is 1. The summed E-state index contributed by atoms with van der Waals surface area (Å²) in [5.41, 5.74) is 5.26. The highest BCUT2D eigenvalue weighted by molar-refractivity contribution is 7.15. The maximum atomic E-state index is 12.1.